The summed E-state index contributed by atoms with van der Waals surface area (Å²) in [5.74, 6) is 0. The Hall–Kier alpha value is -4.84. The van der Waals surface area contributed by atoms with Gasteiger partial charge in [0.25, 0.3) is 0 Å². The molecule has 0 amide bonds. The molecule has 1 aromatic heterocycles. The zero-order chi connectivity index (χ0) is 32.3. The van der Waals surface area contributed by atoms with E-state index >= 15 is 0 Å². The van der Waals surface area contributed by atoms with Crippen LogP contribution in [0.1, 0.15) is 24.5 Å². The quantitative estimate of drug-likeness (QED) is 0.120. The van der Waals surface area contributed by atoms with Gasteiger partial charge in [-0.3, -0.25) is 0 Å². The number of hydrogen-bond donors (Lipinski definition) is 0. The molecule has 47 heavy (non-hydrogen) atoms. The standard InChI is InChI=1S/C24H24N2SSi.C18H15B/c1-2-28(23-15-13-22(27)14-16-23)24(26-18-17-25-19-26,20-9-5-3-6-10-20)21-11-7-4-8-12-21;1-4-10-16(11-5-1)19(17-12-6-2-7-13-17)18-14-8-3-9-15-18/h3-13,15-19,28H,2,14H2,1H3;1-15H. The first-order valence-corrected chi connectivity index (χ1v) is 18.7. The monoisotopic (exact) mass is 642 g/mol. The molecule has 1 unspecified atom stereocenters. The van der Waals surface area contributed by atoms with Crippen LogP contribution in [0.15, 0.2) is 194 Å². The van der Waals surface area contributed by atoms with Gasteiger partial charge in [-0.1, -0.05) is 211 Å². The molecule has 1 aliphatic carbocycles. The molecule has 1 atom stereocenters. The molecule has 0 spiro atoms. The molecule has 0 radical (unpaired) electrons. The predicted octanol–water partition coefficient (Wildman–Crippen LogP) is 7.46. The van der Waals surface area contributed by atoms with E-state index in [0.717, 1.165) is 17.3 Å². The van der Waals surface area contributed by atoms with Gasteiger partial charge in [0.15, 0.2) is 0 Å². The maximum atomic E-state index is 5.41. The lowest BCUT2D eigenvalue weighted by molar-refractivity contribution is 0.582. The number of hydrogen-bond acceptors (Lipinski definition) is 2. The number of aromatic nitrogens is 2. The second kappa shape index (κ2) is 15.6. The topological polar surface area (TPSA) is 17.8 Å². The van der Waals surface area contributed by atoms with E-state index in [9.17, 15) is 0 Å². The summed E-state index contributed by atoms with van der Waals surface area (Å²) in [4.78, 5) is 5.45. The Morgan fingerprint density at radius 3 is 1.47 bits per heavy atom. The van der Waals surface area contributed by atoms with Crippen LogP contribution in [0.3, 0.4) is 0 Å². The number of rotatable bonds is 9. The molecule has 230 valence electrons. The third kappa shape index (κ3) is 7.12. The summed E-state index contributed by atoms with van der Waals surface area (Å²) in [6.45, 7) is 2.64. The van der Waals surface area contributed by atoms with Gasteiger partial charge in [0.05, 0.1) is 11.5 Å². The average Bonchev–Trinajstić information content (AvgIpc) is 3.69. The Morgan fingerprint density at radius 1 is 0.660 bits per heavy atom. The van der Waals surface area contributed by atoms with Crippen molar-refractivity contribution in [1.29, 1.82) is 0 Å². The van der Waals surface area contributed by atoms with Crippen LogP contribution >= 0.6 is 12.2 Å². The minimum Gasteiger partial charge on any atom is -0.326 e. The number of allylic oxidation sites excluding steroid dienone is 4. The highest BCUT2D eigenvalue weighted by Crippen LogP contribution is 2.41. The number of nitrogens with zero attached hydrogens (tertiary/aromatic N) is 2. The second-order valence-corrected chi connectivity index (χ2v) is 15.8. The molecule has 5 heteroatoms. The SMILES string of the molecule is CC[SiH](C1=CCC(=S)C=C1)C(c1ccccc1)(c1ccccc1)n1ccnc1.c1ccc(B(c2ccccc2)c2ccccc2)cc1. The fourth-order valence-electron chi connectivity index (χ4n) is 6.99. The van der Waals surface area contributed by atoms with Crippen molar-refractivity contribution in [2.75, 3.05) is 0 Å². The summed E-state index contributed by atoms with van der Waals surface area (Å²) >= 11 is 5.41. The number of thiocarbonyl (C=S) groups is 1. The molecule has 6 aromatic rings. The summed E-state index contributed by atoms with van der Waals surface area (Å²) in [5, 5.41) is 1.22. The first-order chi connectivity index (χ1) is 23.2. The minimum atomic E-state index is -1.58. The maximum absolute atomic E-state index is 5.41. The van der Waals surface area contributed by atoms with Gasteiger partial charge in [-0.2, -0.15) is 0 Å². The molecule has 2 nitrogen and oxygen atoms in total. The molecule has 0 saturated heterocycles. The summed E-state index contributed by atoms with van der Waals surface area (Å²) in [6, 6.07) is 55.0. The fourth-order valence-corrected chi connectivity index (χ4v) is 11.1. The van der Waals surface area contributed by atoms with Crippen molar-refractivity contribution in [3.8, 4) is 0 Å². The lowest BCUT2D eigenvalue weighted by Crippen LogP contribution is -2.51. The van der Waals surface area contributed by atoms with E-state index in [1.807, 2.05) is 12.5 Å². The smallest absolute Gasteiger partial charge is 0.241 e. The van der Waals surface area contributed by atoms with Gasteiger partial charge in [-0.15, -0.1) is 0 Å². The van der Waals surface area contributed by atoms with Crippen LogP contribution in [0.2, 0.25) is 6.04 Å². The molecule has 0 bridgehead atoms. The van der Waals surface area contributed by atoms with Crippen LogP contribution in [-0.2, 0) is 5.16 Å². The molecule has 7 rings (SSSR count). The van der Waals surface area contributed by atoms with Gasteiger partial charge in [-0.25, -0.2) is 4.98 Å². The molecule has 0 aliphatic heterocycles. The van der Waals surface area contributed by atoms with Crippen molar-refractivity contribution < 1.29 is 0 Å². The molecular formula is C42H39BN2SSi. The molecule has 0 saturated carbocycles. The molecule has 1 aliphatic rings. The first kappa shape index (κ1) is 32.1. The Labute approximate surface area is 286 Å². The fraction of sp³-hybridized carbons (Fsp3) is 0.0952. The number of imidazole rings is 1. The van der Waals surface area contributed by atoms with Gasteiger partial charge in [-0.05, 0) is 17.2 Å². The van der Waals surface area contributed by atoms with E-state index in [4.69, 9.17) is 12.2 Å². The molecular weight excluding hydrogens is 603 g/mol. The van der Waals surface area contributed by atoms with E-state index < -0.39 is 8.80 Å². The van der Waals surface area contributed by atoms with Gasteiger partial charge in [0.1, 0.15) is 8.80 Å². The van der Waals surface area contributed by atoms with Crippen molar-refractivity contribution in [2.45, 2.75) is 24.6 Å². The molecule has 0 N–H and O–H groups in total. The predicted molar refractivity (Wildman–Crippen MR) is 207 cm³/mol. The maximum Gasteiger partial charge on any atom is 0.241 e. The summed E-state index contributed by atoms with van der Waals surface area (Å²) in [7, 11) is -1.58. The van der Waals surface area contributed by atoms with E-state index in [2.05, 4.69) is 193 Å². The van der Waals surface area contributed by atoms with Gasteiger partial charge in [0.2, 0.25) is 6.71 Å². The first-order valence-electron chi connectivity index (χ1n) is 16.4. The summed E-state index contributed by atoms with van der Waals surface area (Å²) < 4.78 is 2.33. The lowest BCUT2D eigenvalue weighted by atomic mass is 9.37. The second-order valence-electron chi connectivity index (χ2n) is 11.8. The van der Waals surface area contributed by atoms with Crippen LogP contribution < -0.4 is 16.4 Å². The van der Waals surface area contributed by atoms with Crippen LogP contribution in [0.5, 0.6) is 0 Å². The third-order valence-electron chi connectivity index (χ3n) is 9.05. The Balaban J connectivity index is 0.000000177. The van der Waals surface area contributed by atoms with E-state index in [-0.39, 0.29) is 5.16 Å². The van der Waals surface area contributed by atoms with Gasteiger partial charge < -0.3 is 4.57 Å². The lowest BCUT2D eigenvalue weighted by Gasteiger charge is -2.43. The van der Waals surface area contributed by atoms with Crippen molar-refractivity contribution in [2.24, 2.45) is 0 Å². The van der Waals surface area contributed by atoms with Gasteiger partial charge >= 0.3 is 0 Å². The zero-order valence-corrected chi connectivity index (χ0v) is 28.7. The van der Waals surface area contributed by atoms with Crippen LogP contribution in [0.25, 0.3) is 0 Å². The molecule has 0 fully saturated rings. The largest absolute Gasteiger partial charge is 0.326 e. The Bertz CT molecular complexity index is 1760. The van der Waals surface area contributed by atoms with Crippen LogP contribution in [-0.4, -0.2) is 29.9 Å². The minimum absolute atomic E-state index is 0.247. The van der Waals surface area contributed by atoms with Crippen molar-refractivity contribution in [1.82, 2.24) is 9.55 Å². The molecule has 5 aromatic carbocycles. The van der Waals surface area contributed by atoms with E-state index in [0.29, 0.717) is 6.71 Å². The average molecular weight is 643 g/mol. The van der Waals surface area contributed by atoms with Crippen molar-refractivity contribution in [3.05, 3.63) is 205 Å². The van der Waals surface area contributed by atoms with E-state index in [1.54, 1.807) is 0 Å². The van der Waals surface area contributed by atoms with Crippen molar-refractivity contribution in [3.63, 3.8) is 0 Å². The highest BCUT2D eigenvalue weighted by molar-refractivity contribution is 7.80. The highest BCUT2D eigenvalue weighted by atomic mass is 32.1. The number of benzene rings is 5. The van der Waals surface area contributed by atoms with Crippen molar-refractivity contribution >= 4 is 49.0 Å². The Kier molecular flexibility index (Phi) is 10.7. The summed E-state index contributed by atoms with van der Waals surface area (Å²) in [5.41, 5.74) is 6.64. The third-order valence-corrected chi connectivity index (χ3v) is 13.4. The molecule has 1 heterocycles. The van der Waals surface area contributed by atoms with Crippen LogP contribution in [0, 0.1) is 0 Å². The normalized spacial score (nSPS) is 13.2. The zero-order valence-electron chi connectivity index (χ0n) is 26.8. The van der Waals surface area contributed by atoms with Gasteiger partial charge in [0, 0.05) is 23.7 Å². The highest BCUT2D eigenvalue weighted by Gasteiger charge is 2.45. The summed E-state index contributed by atoms with van der Waals surface area (Å²) in [6.07, 6.45) is 13.6. The Morgan fingerprint density at radius 2 is 1.11 bits per heavy atom. The van der Waals surface area contributed by atoms with E-state index in [1.165, 1.54) is 32.7 Å². The van der Waals surface area contributed by atoms with Crippen LogP contribution in [0.4, 0.5) is 0 Å².